The molecule has 2 aliphatic rings. The van der Waals surface area contributed by atoms with Gasteiger partial charge in [0.25, 0.3) is 0 Å². The predicted octanol–water partition coefficient (Wildman–Crippen LogP) is 3.52. The van der Waals surface area contributed by atoms with Gasteiger partial charge in [-0.05, 0) is 43.4 Å². The molecule has 0 aromatic heterocycles. The maximum absolute atomic E-state index is 12.8. The van der Waals surface area contributed by atoms with Gasteiger partial charge in [0.15, 0.2) is 0 Å². The number of hydrogen-bond donors (Lipinski definition) is 0. The average Bonchev–Trinajstić information content (AvgIpc) is 2.91. The summed E-state index contributed by atoms with van der Waals surface area (Å²) in [7, 11) is 0. The van der Waals surface area contributed by atoms with Crippen molar-refractivity contribution in [1.82, 2.24) is 9.80 Å². The van der Waals surface area contributed by atoms with Crippen molar-refractivity contribution in [3.05, 3.63) is 34.9 Å². The Kier molecular flexibility index (Phi) is 6.35. The average molecular weight is 363 g/mol. The van der Waals surface area contributed by atoms with Crippen molar-refractivity contribution in [1.29, 1.82) is 0 Å². The first-order valence-corrected chi connectivity index (χ1v) is 9.82. The van der Waals surface area contributed by atoms with E-state index < -0.39 is 0 Å². The van der Waals surface area contributed by atoms with E-state index in [-0.39, 0.29) is 17.7 Å². The van der Waals surface area contributed by atoms with Crippen molar-refractivity contribution in [3.8, 4) is 0 Å². The van der Waals surface area contributed by atoms with Gasteiger partial charge < -0.3 is 9.80 Å². The summed E-state index contributed by atoms with van der Waals surface area (Å²) in [6, 6.07) is 7.74. The van der Waals surface area contributed by atoms with Crippen molar-refractivity contribution in [2.45, 2.75) is 44.9 Å². The van der Waals surface area contributed by atoms with E-state index in [9.17, 15) is 9.59 Å². The maximum Gasteiger partial charge on any atom is 0.227 e. The van der Waals surface area contributed by atoms with Gasteiger partial charge in [-0.15, -0.1) is 0 Å². The SMILES string of the molecule is O=C1CC[C@H](C(=O)N2CCCCCC2)CN1CCc1ccc(Cl)cc1. The molecule has 1 aromatic carbocycles. The molecule has 5 heteroatoms. The summed E-state index contributed by atoms with van der Waals surface area (Å²) in [5.74, 6) is 0.404. The minimum Gasteiger partial charge on any atom is -0.342 e. The van der Waals surface area contributed by atoms with E-state index in [2.05, 4.69) is 0 Å². The first-order valence-electron chi connectivity index (χ1n) is 9.44. The second-order valence-corrected chi connectivity index (χ2v) is 7.63. The molecule has 1 atom stereocenters. The van der Waals surface area contributed by atoms with Gasteiger partial charge in [-0.3, -0.25) is 9.59 Å². The number of rotatable bonds is 4. The lowest BCUT2D eigenvalue weighted by molar-refractivity contribution is -0.143. The largest absolute Gasteiger partial charge is 0.342 e. The molecule has 1 aromatic rings. The van der Waals surface area contributed by atoms with Crippen LogP contribution in [0.15, 0.2) is 24.3 Å². The third-order valence-electron chi connectivity index (χ3n) is 5.35. The molecule has 2 saturated heterocycles. The quantitative estimate of drug-likeness (QED) is 0.822. The van der Waals surface area contributed by atoms with Gasteiger partial charge >= 0.3 is 0 Å². The molecule has 2 amide bonds. The van der Waals surface area contributed by atoms with Crippen LogP contribution in [0.25, 0.3) is 0 Å². The van der Waals surface area contributed by atoms with Crippen molar-refractivity contribution in [2.75, 3.05) is 26.2 Å². The summed E-state index contributed by atoms with van der Waals surface area (Å²) in [5, 5.41) is 0.723. The number of piperidine rings is 1. The zero-order valence-corrected chi connectivity index (χ0v) is 15.5. The van der Waals surface area contributed by atoms with Crippen LogP contribution in [0.5, 0.6) is 0 Å². The first-order chi connectivity index (χ1) is 12.1. The third-order valence-corrected chi connectivity index (χ3v) is 5.60. The first kappa shape index (κ1) is 18.2. The summed E-state index contributed by atoms with van der Waals surface area (Å²) in [6.07, 6.45) is 6.65. The predicted molar refractivity (Wildman–Crippen MR) is 99.5 cm³/mol. The van der Waals surface area contributed by atoms with Gasteiger partial charge in [-0.1, -0.05) is 36.6 Å². The van der Waals surface area contributed by atoms with Gasteiger partial charge in [0, 0.05) is 37.6 Å². The molecule has 2 heterocycles. The molecule has 136 valence electrons. The van der Waals surface area contributed by atoms with Crippen LogP contribution in [0.3, 0.4) is 0 Å². The highest BCUT2D eigenvalue weighted by molar-refractivity contribution is 6.30. The van der Waals surface area contributed by atoms with Crippen LogP contribution in [0.2, 0.25) is 5.02 Å². The zero-order chi connectivity index (χ0) is 17.6. The molecule has 0 unspecified atom stereocenters. The summed E-state index contributed by atoms with van der Waals surface area (Å²) in [4.78, 5) is 29.0. The van der Waals surface area contributed by atoms with Crippen molar-refractivity contribution in [2.24, 2.45) is 5.92 Å². The Morgan fingerprint density at radius 1 is 1.08 bits per heavy atom. The Balaban J connectivity index is 1.56. The normalized spacial score (nSPS) is 22.0. The van der Waals surface area contributed by atoms with E-state index >= 15 is 0 Å². The van der Waals surface area contributed by atoms with Crippen molar-refractivity contribution >= 4 is 23.4 Å². The highest BCUT2D eigenvalue weighted by Crippen LogP contribution is 2.22. The monoisotopic (exact) mass is 362 g/mol. The van der Waals surface area contributed by atoms with Crippen LogP contribution in [-0.2, 0) is 16.0 Å². The molecule has 0 spiro atoms. The van der Waals surface area contributed by atoms with E-state index in [0.717, 1.165) is 42.9 Å². The zero-order valence-electron chi connectivity index (χ0n) is 14.8. The standard InChI is InChI=1S/C20H27ClN2O2/c21-18-8-5-16(6-9-18)11-14-23-15-17(7-10-19(23)24)20(25)22-12-3-1-2-4-13-22/h5-6,8-9,17H,1-4,7,10-15H2/t17-/m0/s1. The summed E-state index contributed by atoms with van der Waals surface area (Å²) >= 11 is 5.92. The number of halogens is 1. The van der Waals surface area contributed by atoms with E-state index in [1.807, 2.05) is 34.1 Å². The number of carbonyl (C=O) groups excluding carboxylic acids is 2. The molecule has 2 aliphatic heterocycles. The summed E-state index contributed by atoms with van der Waals surface area (Å²) < 4.78 is 0. The Hall–Kier alpha value is -1.55. The molecular weight excluding hydrogens is 336 g/mol. The molecule has 0 aliphatic carbocycles. The van der Waals surface area contributed by atoms with E-state index in [1.165, 1.54) is 12.8 Å². The van der Waals surface area contributed by atoms with Crippen LogP contribution < -0.4 is 0 Å². The Morgan fingerprint density at radius 3 is 2.44 bits per heavy atom. The topological polar surface area (TPSA) is 40.6 Å². The second kappa shape index (κ2) is 8.70. The number of hydrogen-bond acceptors (Lipinski definition) is 2. The summed E-state index contributed by atoms with van der Waals surface area (Å²) in [5.41, 5.74) is 1.16. The molecule has 0 N–H and O–H groups in total. The molecule has 2 fully saturated rings. The highest BCUT2D eigenvalue weighted by atomic mass is 35.5. The van der Waals surface area contributed by atoms with E-state index in [0.29, 0.717) is 25.9 Å². The van der Waals surface area contributed by atoms with Gasteiger partial charge in [-0.2, -0.15) is 0 Å². The molecular formula is C20H27ClN2O2. The highest BCUT2D eigenvalue weighted by Gasteiger charge is 2.32. The van der Waals surface area contributed by atoms with E-state index in [1.54, 1.807) is 0 Å². The fourth-order valence-corrected chi connectivity index (χ4v) is 3.92. The molecule has 0 radical (unpaired) electrons. The molecule has 0 saturated carbocycles. The fraction of sp³-hybridized carbons (Fsp3) is 0.600. The molecule has 4 nitrogen and oxygen atoms in total. The lowest BCUT2D eigenvalue weighted by Gasteiger charge is -2.34. The van der Waals surface area contributed by atoms with Crippen LogP contribution in [0.1, 0.15) is 44.1 Å². The van der Waals surface area contributed by atoms with Gasteiger partial charge in [0.2, 0.25) is 11.8 Å². The number of nitrogens with zero attached hydrogens (tertiary/aromatic N) is 2. The number of benzene rings is 1. The molecule has 0 bridgehead atoms. The molecule has 3 rings (SSSR count). The Morgan fingerprint density at radius 2 is 1.76 bits per heavy atom. The van der Waals surface area contributed by atoms with Gasteiger partial charge in [0.1, 0.15) is 0 Å². The van der Waals surface area contributed by atoms with Crippen molar-refractivity contribution in [3.63, 3.8) is 0 Å². The third kappa shape index (κ3) is 4.97. The minimum absolute atomic E-state index is 0.0268. The van der Waals surface area contributed by atoms with Crippen LogP contribution in [0, 0.1) is 5.92 Å². The summed E-state index contributed by atoms with van der Waals surface area (Å²) in [6.45, 7) is 3.01. The minimum atomic E-state index is -0.0268. The van der Waals surface area contributed by atoms with Crippen LogP contribution >= 0.6 is 11.6 Å². The molecule has 25 heavy (non-hydrogen) atoms. The van der Waals surface area contributed by atoms with Gasteiger partial charge in [-0.25, -0.2) is 0 Å². The van der Waals surface area contributed by atoms with E-state index in [4.69, 9.17) is 11.6 Å². The van der Waals surface area contributed by atoms with Crippen molar-refractivity contribution < 1.29 is 9.59 Å². The second-order valence-electron chi connectivity index (χ2n) is 7.19. The number of likely N-dealkylation sites (tertiary alicyclic amines) is 2. The van der Waals surface area contributed by atoms with Crippen LogP contribution in [-0.4, -0.2) is 47.8 Å². The number of amides is 2. The smallest absolute Gasteiger partial charge is 0.227 e. The van der Waals surface area contributed by atoms with Crippen LogP contribution in [0.4, 0.5) is 0 Å². The maximum atomic E-state index is 12.8. The Bertz CT molecular complexity index is 594. The fourth-order valence-electron chi connectivity index (χ4n) is 3.80. The lowest BCUT2D eigenvalue weighted by atomic mass is 9.95. The Labute approximate surface area is 155 Å². The van der Waals surface area contributed by atoms with Gasteiger partial charge in [0.05, 0.1) is 5.92 Å². The lowest BCUT2D eigenvalue weighted by Crippen LogP contribution is -2.47. The number of carbonyl (C=O) groups is 2.